The number of nitrogens with one attached hydrogen (secondary N) is 2. The molecule has 0 aromatic heterocycles. The Morgan fingerprint density at radius 2 is 1.84 bits per heavy atom. The van der Waals surface area contributed by atoms with Crippen LogP contribution in [0.4, 0.5) is 10.5 Å². The zero-order valence-corrected chi connectivity index (χ0v) is 28.0. The van der Waals surface area contributed by atoms with E-state index in [1.807, 2.05) is 19.1 Å². The van der Waals surface area contributed by atoms with Crippen LogP contribution in [0, 0.1) is 11.3 Å². The van der Waals surface area contributed by atoms with E-state index in [1.54, 1.807) is 19.2 Å². The number of anilines is 1. The number of carbonyl (C=O) groups excluding carboxylic acids is 3. The van der Waals surface area contributed by atoms with E-state index in [1.165, 1.54) is 5.57 Å². The van der Waals surface area contributed by atoms with Gasteiger partial charge in [-0.05, 0) is 70.6 Å². The van der Waals surface area contributed by atoms with Gasteiger partial charge in [0.05, 0.1) is 18.8 Å². The van der Waals surface area contributed by atoms with Crippen LogP contribution in [0.5, 0.6) is 0 Å². The molecule has 2 heterocycles. The van der Waals surface area contributed by atoms with Crippen LogP contribution >= 0.6 is 0 Å². The number of alkyl carbamates (subject to hydrolysis) is 1. The number of allylic oxidation sites excluding steroid dienone is 1. The highest BCUT2D eigenvalue weighted by atomic mass is 16.6. The van der Waals surface area contributed by atoms with Crippen molar-refractivity contribution in [1.82, 2.24) is 5.32 Å². The Morgan fingerprint density at radius 1 is 1.13 bits per heavy atom. The highest BCUT2D eigenvalue weighted by Gasteiger charge is 2.78. The highest BCUT2D eigenvalue weighted by molar-refractivity contribution is 5.90. The number of hydrogen-bond acceptors (Lipinski definition) is 8. The first-order valence-corrected chi connectivity index (χ1v) is 16.3. The summed E-state index contributed by atoms with van der Waals surface area (Å²) >= 11 is 0. The van der Waals surface area contributed by atoms with Crippen LogP contribution in [0.15, 0.2) is 35.9 Å². The molecule has 1 aromatic rings. The molecule has 1 saturated carbocycles. The Balaban J connectivity index is 1.20. The topological polar surface area (TPSA) is 128 Å². The van der Waals surface area contributed by atoms with Crippen LogP contribution in [0.1, 0.15) is 92.1 Å². The molecule has 10 heteroatoms. The van der Waals surface area contributed by atoms with Gasteiger partial charge < -0.3 is 34.3 Å². The Hall–Kier alpha value is -2.95. The second-order valence-electron chi connectivity index (χ2n) is 13.4. The van der Waals surface area contributed by atoms with E-state index in [0.29, 0.717) is 18.7 Å². The predicted octanol–water partition coefficient (Wildman–Crippen LogP) is 6.08. The van der Waals surface area contributed by atoms with Crippen molar-refractivity contribution >= 4 is 23.7 Å². The van der Waals surface area contributed by atoms with Crippen molar-refractivity contribution in [2.45, 2.75) is 123 Å². The van der Waals surface area contributed by atoms with Gasteiger partial charge in [-0.2, -0.15) is 0 Å². The Bertz CT molecular complexity index is 1220. The van der Waals surface area contributed by atoms with E-state index < -0.39 is 6.09 Å². The minimum absolute atomic E-state index is 0.0545. The molecular weight excluding hydrogens is 576 g/mol. The molecule has 7 atom stereocenters. The maximum Gasteiger partial charge on any atom is 0.407 e. The van der Waals surface area contributed by atoms with Gasteiger partial charge in [0.2, 0.25) is 5.91 Å². The first kappa shape index (κ1) is 34.9. The van der Waals surface area contributed by atoms with Gasteiger partial charge in [-0.15, -0.1) is 0 Å². The number of benzene rings is 1. The fourth-order valence-electron chi connectivity index (χ4n) is 6.89. The third kappa shape index (κ3) is 8.07. The lowest BCUT2D eigenvalue weighted by molar-refractivity contribution is -0.147. The number of methoxy groups -OCH3 is 1. The van der Waals surface area contributed by atoms with Crippen LogP contribution in [0.25, 0.3) is 0 Å². The van der Waals surface area contributed by atoms with Gasteiger partial charge >= 0.3 is 12.1 Å². The summed E-state index contributed by atoms with van der Waals surface area (Å²) in [5, 5.41) is 5.72. The monoisotopic (exact) mass is 628 g/mol. The molecule has 1 aromatic carbocycles. The average Bonchev–Trinajstić information content (AvgIpc) is 3.93. The fraction of sp³-hybridized carbons (Fsp3) is 0.686. The van der Waals surface area contributed by atoms with Crippen molar-refractivity contribution in [1.29, 1.82) is 0 Å². The molecule has 4 rings (SSSR count). The van der Waals surface area contributed by atoms with E-state index in [-0.39, 0.29) is 72.2 Å². The summed E-state index contributed by atoms with van der Waals surface area (Å²) in [5.41, 5.74) is 1.96. The molecule has 3 fully saturated rings. The minimum atomic E-state index is -0.451. The largest absolute Gasteiger partial charge is 0.463 e. The van der Waals surface area contributed by atoms with E-state index in [4.69, 9.17) is 23.7 Å². The van der Waals surface area contributed by atoms with Crippen LogP contribution in [0.3, 0.4) is 0 Å². The van der Waals surface area contributed by atoms with Gasteiger partial charge in [0.1, 0.15) is 23.9 Å². The van der Waals surface area contributed by atoms with E-state index in [2.05, 4.69) is 51.3 Å². The van der Waals surface area contributed by atoms with Crippen LogP contribution in [-0.2, 0) is 39.8 Å². The van der Waals surface area contributed by atoms with Gasteiger partial charge in [0.25, 0.3) is 0 Å². The lowest BCUT2D eigenvalue weighted by atomic mass is 9.54. The zero-order chi connectivity index (χ0) is 32.8. The number of esters is 1. The molecule has 250 valence electrons. The number of ether oxygens (including phenoxy) is 5. The Kier molecular flexibility index (Phi) is 11.4. The summed E-state index contributed by atoms with van der Waals surface area (Å²) in [7, 11) is 1.59. The van der Waals surface area contributed by atoms with E-state index in [0.717, 1.165) is 37.9 Å². The molecule has 10 nitrogen and oxygen atoms in total. The Morgan fingerprint density at radius 3 is 2.47 bits per heavy atom. The van der Waals surface area contributed by atoms with Crippen molar-refractivity contribution in [3.8, 4) is 0 Å². The smallest absolute Gasteiger partial charge is 0.407 e. The summed E-state index contributed by atoms with van der Waals surface area (Å²) < 4.78 is 28.9. The minimum Gasteiger partial charge on any atom is -0.463 e. The summed E-state index contributed by atoms with van der Waals surface area (Å²) in [6.45, 7) is 14.0. The van der Waals surface area contributed by atoms with Crippen molar-refractivity contribution in [3.63, 3.8) is 0 Å². The third-order valence-electron chi connectivity index (χ3n) is 10.4. The number of rotatable bonds is 15. The second kappa shape index (κ2) is 14.6. The number of amides is 2. The van der Waals surface area contributed by atoms with Crippen LogP contribution in [0.2, 0.25) is 0 Å². The van der Waals surface area contributed by atoms with Gasteiger partial charge in [-0.25, -0.2) is 4.79 Å². The molecule has 45 heavy (non-hydrogen) atoms. The first-order chi connectivity index (χ1) is 21.4. The van der Waals surface area contributed by atoms with Gasteiger partial charge in [-0.1, -0.05) is 44.6 Å². The summed E-state index contributed by atoms with van der Waals surface area (Å²) in [6, 6.07) is 7.27. The van der Waals surface area contributed by atoms with Gasteiger partial charge in [0.15, 0.2) is 0 Å². The van der Waals surface area contributed by atoms with Crippen molar-refractivity contribution in [3.05, 3.63) is 41.5 Å². The summed E-state index contributed by atoms with van der Waals surface area (Å²) in [6.07, 6.45) is 5.55. The van der Waals surface area contributed by atoms with Crippen LogP contribution in [-0.4, -0.2) is 67.8 Å². The maximum absolute atomic E-state index is 12.9. The molecule has 0 bridgehead atoms. The quantitative estimate of drug-likeness (QED) is 0.136. The van der Waals surface area contributed by atoms with Gasteiger partial charge in [0, 0.05) is 43.5 Å². The number of hydrogen-bond donors (Lipinski definition) is 2. The Labute approximate surface area is 267 Å². The molecule has 0 radical (unpaired) electrons. The number of epoxide rings is 2. The lowest BCUT2D eigenvalue weighted by Gasteiger charge is -2.50. The summed E-state index contributed by atoms with van der Waals surface area (Å²) in [5.74, 6) is -0.462. The molecule has 1 unspecified atom stereocenters. The third-order valence-corrected chi connectivity index (χ3v) is 10.4. The molecule has 2 N–H and O–H groups in total. The normalized spacial score (nSPS) is 30.6. The van der Waals surface area contributed by atoms with Crippen LogP contribution < -0.4 is 10.6 Å². The van der Waals surface area contributed by atoms with Crippen molar-refractivity contribution in [2.75, 3.05) is 25.6 Å². The fourth-order valence-corrected chi connectivity index (χ4v) is 6.89. The molecule has 2 aliphatic heterocycles. The standard InChI is InChI=1S/C35H52N2O8/c1-8-27(41-7)21-42-31(39)11-9-10-30(38)37-26-15-13-25(14-16-26)20-36-32(40)44-28-18-19-35(22-43-35)33(5,24(28)4)34(6)29(45-34)17-12-23(2)3/h12-16,24,27-29H,8-11,17-22H2,1-7H3,(H,36,40)(H,37,38)/t24-,27?,28-,29-,33-,34+,35+/m1/s1. The van der Waals surface area contributed by atoms with Crippen molar-refractivity contribution < 1.29 is 38.1 Å². The molecule has 1 aliphatic carbocycles. The molecule has 3 aliphatic rings. The van der Waals surface area contributed by atoms with E-state index in [9.17, 15) is 14.4 Å². The molecule has 2 amide bonds. The van der Waals surface area contributed by atoms with Gasteiger partial charge in [-0.3, -0.25) is 9.59 Å². The first-order valence-electron chi connectivity index (χ1n) is 16.3. The number of carbonyl (C=O) groups is 3. The molecule has 1 spiro atoms. The predicted molar refractivity (Wildman–Crippen MR) is 171 cm³/mol. The average molecular weight is 629 g/mol. The van der Waals surface area contributed by atoms with Crippen molar-refractivity contribution in [2.24, 2.45) is 11.3 Å². The second-order valence-corrected chi connectivity index (χ2v) is 13.4. The lowest BCUT2D eigenvalue weighted by Crippen LogP contribution is -2.59. The van der Waals surface area contributed by atoms with E-state index >= 15 is 0 Å². The summed E-state index contributed by atoms with van der Waals surface area (Å²) in [4.78, 5) is 37.1. The SMILES string of the molecule is CCC(COC(=O)CCCC(=O)Nc1ccc(CNC(=O)O[C@@H]2CC[C@]3(CO3)[C@@](C)([C@@]3(C)O[C@@H]3CC=C(C)C)[C@@H]2C)cc1)OC. The zero-order valence-electron chi connectivity index (χ0n) is 28.0. The highest BCUT2D eigenvalue weighted by Crippen LogP contribution is 2.68. The maximum atomic E-state index is 12.9. The molecular formula is C35H52N2O8. The molecule has 2 saturated heterocycles.